The van der Waals surface area contributed by atoms with Crippen molar-refractivity contribution in [2.75, 3.05) is 31.1 Å². The van der Waals surface area contributed by atoms with Gasteiger partial charge in [0.1, 0.15) is 0 Å². The number of likely N-dealkylation sites (tertiary alicyclic amines) is 1. The van der Waals surface area contributed by atoms with Crippen LogP contribution in [0.15, 0.2) is 24.3 Å². The second kappa shape index (κ2) is 5.74. The maximum Gasteiger partial charge on any atom is 0.152 e. The van der Waals surface area contributed by atoms with E-state index in [1.165, 1.54) is 38.8 Å². The van der Waals surface area contributed by atoms with Crippen molar-refractivity contribution in [2.45, 2.75) is 31.7 Å². The Hall–Kier alpha value is -1.35. The van der Waals surface area contributed by atoms with E-state index in [2.05, 4.69) is 15.9 Å². The summed E-state index contributed by atoms with van der Waals surface area (Å²) in [5, 5.41) is 0. The number of piperidine rings is 1. The lowest BCUT2D eigenvalue weighted by molar-refractivity contribution is 0.112. The summed E-state index contributed by atoms with van der Waals surface area (Å²) < 4.78 is 0. The molecule has 2 heterocycles. The van der Waals surface area contributed by atoms with E-state index in [-0.39, 0.29) is 0 Å². The van der Waals surface area contributed by atoms with Gasteiger partial charge < -0.3 is 4.90 Å². The van der Waals surface area contributed by atoms with E-state index in [0.29, 0.717) is 6.04 Å². The Morgan fingerprint density at radius 3 is 2.63 bits per heavy atom. The lowest BCUT2D eigenvalue weighted by Crippen LogP contribution is -2.40. The number of rotatable bonds is 3. The van der Waals surface area contributed by atoms with E-state index >= 15 is 0 Å². The number of benzene rings is 1. The van der Waals surface area contributed by atoms with Crippen molar-refractivity contribution in [3.05, 3.63) is 29.8 Å². The van der Waals surface area contributed by atoms with E-state index < -0.39 is 0 Å². The van der Waals surface area contributed by atoms with Crippen molar-refractivity contribution >= 4 is 12.0 Å². The Labute approximate surface area is 115 Å². The summed E-state index contributed by atoms with van der Waals surface area (Å²) >= 11 is 0. The monoisotopic (exact) mass is 258 g/mol. The summed E-state index contributed by atoms with van der Waals surface area (Å²) in [6, 6.07) is 8.63. The van der Waals surface area contributed by atoms with Gasteiger partial charge in [0.2, 0.25) is 0 Å². The first-order chi connectivity index (χ1) is 9.38. The van der Waals surface area contributed by atoms with Crippen molar-refractivity contribution < 1.29 is 4.79 Å². The highest BCUT2D eigenvalue weighted by Gasteiger charge is 2.29. The molecule has 0 bridgehead atoms. The van der Waals surface area contributed by atoms with E-state index in [1.807, 2.05) is 18.2 Å². The van der Waals surface area contributed by atoms with Gasteiger partial charge in [-0.2, -0.15) is 0 Å². The molecule has 2 aliphatic heterocycles. The van der Waals surface area contributed by atoms with Gasteiger partial charge in [-0.05, 0) is 44.5 Å². The van der Waals surface area contributed by atoms with Crippen LogP contribution in [0, 0.1) is 0 Å². The molecule has 0 aliphatic carbocycles. The third-order valence-corrected chi connectivity index (χ3v) is 4.47. The van der Waals surface area contributed by atoms with Crippen molar-refractivity contribution in [3.8, 4) is 0 Å². The normalized spacial score (nSPS) is 24.6. The molecule has 1 aromatic carbocycles. The predicted octanol–water partition coefficient (Wildman–Crippen LogP) is 2.56. The van der Waals surface area contributed by atoms with Crippen LogP contribution in [-0.4, -0.2) is 43.4 Å². The number of hydrogen-bond acceptors (Lipinski definition) is 3. The van der Waals surface area contributed by atoms with Crippen LogP contribution in [0.4, 0.5) is 5.69 Å². The Bertz CT molecular complexity index is 440. The number of carbonyl (C=O) groups excluding carboxylic acids is 1. The molecule has 0 saturated carbocycles. The highest BCUT2D eigenvalue weighted by molar-refractivity contribution is 5.84. The molecule has 0 spiro atoms. The Kier molecular flexibility index (Phi) is 3.83. The number of carbonyl (C=O) groups is 1. The molecule has 2 saturated heterocycles. The summed E-state index contributed by atoms with van der Waals surface area (Å²) in [4.78, 5) is 16.2. The van der Waals surface area contributed by atoms with Crippen LogP contribution in [0.3, 0.4) is 0 Å². The lowest BCUT2D eigenvalue weighted by Gasteiger charge is -2.32. The largest absolute Gasteiger partial charge is 0.369 e. The summed E-state index contributed by atoms with van der Waals surface area (Å²) in [5.74, 6) is 0. The molecule has 3 rings (SSSR count). The minimum Gasteiger partial charge on any atom is -0.369 e. The molecule has 0 aromatic heterocycles. The predicted molar refractivity (Wildman–Crippen MR) is 77.9 cm³/mol. The average Bonchev–Trinajstić information content (AvgIpc) is 2.98. The van der Waals surface area contributed by atoms with Gasteiger partial charge in [0, 0.05) is 30.4 Å². The standard InChI is InChI=1S/C16H22N2O/c19-13-14-6-2-3-7-16(14)18-11-8-15(12-18)17-9-4-1-5-10-17/h2-3,6-7,13,15H,1,4-5,8-12H2. The molecule has 2 aliphatic rings. The summed E-state index contributed by atoms with van der Waals surface area (Å²) in [6.07, 6.45) is 6.29. The lowest BCUT2D eigenvalue weighted by atomic mass is 10.1. The Morgan fingerprint density at radius 1 is 1.05 bits per heavy atom. The summed E-state index contributed by atoms with van der Waals surface area (Å²) in [6.45, 7) is 4.67. The fraction of sp³-hybridized carbons (Fsp3) is 0.562. The minimum atomic E-state index is 0.681. The molecule has 1 unspecified atom stereocenters. The van der Waals surface area contributed by atoms with Gasteiger partial charge in [0.05, 0.1) is 0 Å². The number of nitrogens with zero attached hydrogens (tertiary/aromatic N) is 2. The van der Waals surface area contributed by atoms with Crippen LogP contribution >= 0.6 is 0 Å². The van der Waals surface area contributed by atoms with Gasteiger partial charge >= 0.3 is 0 Å². The van der Waals surface area contributed by atoms with Gasteiger partial charge in [0.15, 0.2) is 6.29 Å². The molecule has 19 heavy (non-hydrogen) atoms. The Morgan fingerprint density at radius 2 is 1.84 bits per heavy atom. The van der Waals surface area contributed by atoms with Crippen molar-refractivity contribution in [3.63, 3.8) is 0 Å². The maximum atomic E-state index is 11.1. The molecule has 0 N–H and O–H groups in total. The third kappa shape index (κ3) is 2.66. The smallest absolute Gasteiger partial charge is 0.152 e. The van der Waals surface area contributed by atoms with Crippen LogP contribution in [-0.2, 0) is 0 Å². The quantitative estimate of drug-likeness (QED) is 0.779. The summed E-state index contributed by atoms with van der Waals surface area (Å²) in [5.41, 5.74) is 1.93. The fourth-order valence-corrected chi connectivity index (χ4v) is 3.42. The maximum absolute atomic E-state index is 11.1. The SMILES string of the molecule is O=Cc1ccccc1N1CCC(N2CCCCC2)C1. The van der Waals surface area contributed by atoms with E-state index in [1.54, 1.807) is 0 Å². The van der Waals surface area contributed by atoms with Gasteiger partial charge in [-0.15, -0.1) is 0 Å². The van der Waals surface area contributed by atoms with E-state index in [4.69, 9.17) is 0 Å². The molecular weight excluding hydrogens is 236 g/mol. The molecule has 1 atom stereocenters. The first kappa shape index (κ1) is 12.7. The number of aldehydes is 1. The second-order valence-corrected chi connectivity index (χ2v) is 5.66. The third-order valence-electron chi connectivity index (χ3n) is 4.47. The van der Waals surface area contributed by atoms with Gasteiger partial charge in [-0.25, -0.2) is 0 Å². The van der Waals surface area contributed by atoms with Crippen molar-refractivity contribution in [1.29, 1.82) is 0 Å². The number of anilines is 1. The zero-order chi connectivity index (χ0) is 13.1. The first-order valence-corrected chi connectivity index (χ1v) is 7.41. The van der Waals surface area contributed by atoms with Gasteiger partial charge in [-0.1, -0.05) is 18.6 Å². The first-order valence-electron chi connectivity index (χ1n) is 7.41. The highest BCUT2D eigenvalue weighted by Crippen LogP contribution is 2.26. The molecular formula is C16H22N2O. The molecule has 0 amide bonds. The Balaban J connectivity index is 1.69. The zero-order valence-corrected chi connectivity index (χ0v) is 11.4. The van der Waals surface area contributed by atoms with Crippen LogP contribution in [0.1, 0.15) is 36.0 Å². The number of hydrogen-bond donors (Lipinski definition) is 0. The fourth-order valence-electron chi connectivity index (χ4n) is 3.42. The molecule has 1 aromatic rings. The number of para-hydroxylation sites is 1. The molecule has 0 radical (unpaired) electrons. The topological polar surface area (TPSA) is 23.6 Å². The molecule has 3 heteroatoms. The van der Waals surface area contributed by atoms with Crippen molar-refractivity contribution in [1.82, 2.24) is 4.90 Å². The van der Waals surface area contributed by atoms with Crippen molar-refractivity contribution in [2.24, 2.45) is 0 Å². The van der Waals surface area contributed by atoms with Crippen LogP contribution < -0.4 is 4.90 Å². The molecule has 3 nitrogen and oxygen atoms in total. The molecule has 102 valence electrons. The van der Waals surface area contributed by atoms with Crippen LogP contribution in [0.25, 0.3) is 0 Å². The average molecular weight is 258 g/mol. The van der Waals surface area contributed by atoms with E-state index in [0.717, 1.165) is 30.6 Å². The van der Waals surface area contributed by atoms with Crippen LogP contribution in [0.5, 0.6) is 0 Å². The van der Waals surface area contributed by atoms with E-state index in [9.17, 15) is 4.79 Å². The molecule has 2 fully saturated rings. The van der Waals surface area contributed by atoms with Gasteiger partial charge in [0.25, 0.3) is 0 Å². The minimum absolute atomic E-state index is 0.681. The van der Waals surface area contributed by atoms with Crippen LogP contribution in [0.2, 0.25) is 0 Å². The highest BCUT2D eigenvalue weighted by atomic mass is 16.1. The van der Waals surface area contributed by atoms with Gasteiger partial charge in [-0.3, -0.25) is 9.69 Å². The zero-order valence-electron chi connectivity index (χ0n) is 11.4. The second-order valence-electron chi connectivity index (χ2n) is 5.66. The summed E-state index contributed by atoms with van der Waals surface area (Å²) in [7, 11) is 0.